The molecule has 0 radical (unpaired) electrons. The first-order valence-electron chi connectivity index (χ1n) is 14.3. The smallest absolute Gasteiger partial charge is 0.274 e. The first-order chi connectivity index (χ1) is 21.4. The van der Waals surface area contributed by atoms with Crippen LogP contribution in [0, 0.1) is 11.6 Å². The van der Waals surface area contributed by atoms with Crippen LogP contribution in [0.3, 0.4) is 0 Å². The molecule has 15 heteroatoms. The zero-order chi connectivity index (χ0) is 32.2. The molecule has 2 amide bonds. The standard InChI is InChI=1S/C30H31F2N7O5S/c1-36-15-20-19-10-23-24(37(25(40)5-3-4-6-33)7-8-38(23)26(41)16-45(2,43)44)11-22(19)39(29-21(32)9-18(31)13-35-29)14-17-12-34-28(27(17)20)30(36)42/h9-13,15,34H,3-8,14,16,33H2,1-2H3. The molecule has 6 rings (SSSR count). The number of hydrogen-bond donors (Lipinski definition) is 2. The number of unbranched alkanes of at least 4 members (excludes halogenated alkanes) is 1. The highest BCUT2D eigenvalue weighted by atomic mass is 32.2. The van der Waals surface area contributed by atoms with E-state index in [0.717, 1.165) is 18.5 Å². The quantitative estimate of drug-likeness (QED) is 0.293. The van der Waals surface area contributed by atoms with Crippen molar-refractivity contribution in [1.82, 2.24) is 14.5 Å². The fourth-order valence-electron chi connectivity index (χ4n) is 6.07. The number of rotatable bonds is 7. The number of amides is 2. The van der Waals surface area contributed by atoms with Crippen LogP contribution in [0.25, 0.3) is 22.0 Å². The van der Waals surface area contributed by atoms with Crippen LogP contribution in [0.5, 0.6) is 0 Å². The molecule has 0 spiro atoms. The fraction of sp³-hybridized carbons (Fsp3) is 0.333. The number of aromatic amines is 1. The highest BCUT2D eigenvalue weighted by Crippen LogP contribution is 2.49. The van der Waals surface area contributed by atoms with E-state index in [1.807, 2.05) is 0 Å². The maximum atomic E-state index is 15.4. The number of carbonyl (C=O) groups excluding carboxylic acids is 2. The van der Waals surface area contributed by atoms with E-state index in [0.29, 0.717) is 58.4 Å². The van der Waals surface area contributed by atoms with Gasteiger partial charge in [0.05, 0.1) is 29.8 Å². The number of hydrogen-bond acceptors (Lipinski definition) is 8. The second kappa shape index (κ2) is 11.4. The maximum Gasteiger partial charge on any atom is 0.274 e. The molecule has 4 aromatic rings. The lowest BCUT2D eigenvalue weighted by Gasteiger charge is -2.38. The number of nitrogens with one attached hydrogen (secondary N) is 1. The van der Waals surface area contributed by atoms with Gasteiger partial charge in [-0.3, -0.25) is 14.4 Å². The van der Waals surface area contributed by atoms with Crippen molar-refractivity contribution in [2.24, 2.45) is 12.8 Å². The van der Waals surface area contributed by atoms with E-state index in [1.54, 1.807) is 31.6 Å². The second-order valence-electron chi connectivity index (χ2n) is 11.3. The third-order valence-electron chi connectivity index (χ3n) is 8.10. The van der Waals surface area contributed by atoms with Crippen molar-refractivity contribution in [3.05, 3.63) is 64.3 Å². The van der Waals surface area contributed by atoms with Gasteiger partial charge in [0.15, 0.2) is 21.5 Å². The number of carbonyl (C=O) groups is 2. The molecule has 12 nitrogen and oxygen atoms in total. The zero-order valence-electron chi connectivity index (χ0n) is 24.6. The molecule has 0 atom stereocenters. The Balaban J connectivity index is 1.64. The van der Waals surface area contributed by atoms with Gasteiger partial charge in [-0.05, 0) is 37.1 Å². The number of pyridine rings is 2. The largest absolute Gasteiger partial charge is 0.356 e. The minimum Gasteiger partial charge on any atom is -0.356 e. The first-order valence-corrected chi connectivity index (χ1v) is 16.4. The van der Waals surface area contributed by atoms with Crippen molar-refractivity contribution in [3.8, 4) is 11.1 Å². The van der Waals surface area contributed by atoms with Crippen LogP contribution in [-0.4, -0.2) is 66.4 Å². The molecule has 0 aliphatic carbocycles. The summed E-state index contributed by atoms with van der Waals surface area (Å²) < 4.78 is 55.0. The normalized spacial score (nSPS) is 14.4. The lowest BCUT2D eigenvalue weighted by Crippen LogP contribution is -2.48. The topological polar surface area (TPSA) is 155 Å². The predicted octanol–water partition coefficient (Wildman–Crippen LogP) is 2.71. The van der Waals surface area contributed by atoms with Crippen molar-refractivity contribution >= 4 is 55.4 Å². The number of aryl methyl sites for hydroxylation is 1. The van der Waals surface area contributed by atoms with Crippen molar-refractivity contribution in [2.45, 2.75) is 25.8 Å². The minimum atomic E-state index is -3.69. The molecule has 5 heterocycles. The summed E-state index contributed by atoms with van der Waals surface area (Å²) in [6.45, 7) is 0.586. The van der Waals surface area contributed by atoms with E-state index >= 15 is 4.39 Å². The van der Waals surface area contributed by atoms with Gasteiger partial charge >= 0.3 is 0 Å². The fourth-order valence-corrected chi connectivity index (χ4v) is 6.67. The Morgan fingerprint density at radius 3 is 2.42 bits per heavy atom. The number of halogens is 2. The molecule has 45 heavy (non-hydrogen) atoms. The van der Waals surface area contributed by atoms with Gasteiger partial charge in [-0.2, -0.15) is 0 Å². The monoisotopic (exact) mass is 639 g/mol. The van der Waals surface area contributed by atoms with E-state index in [1.165, 1.54) is 19.3 Å². The molecule has 0 saturated carbocycles. The zero-order valence-corrected chi connectivity index (χ0v) is 25.5. The summed E-state index contributed by atoms with van der Waals surface area (Å²) in [6, 6.07) is 4.02. The summed E-state index contributed by atoms with van der Waals surface area (Å²) in [4.78, 5) is 51.5. The highest BCUT2D eigenvalue weighted by molar-refractivity contribution is 7.91. The van der Waals surface area contributed by atoms with Crippen molar-refractivity contribution < 1.29 is 26.8 Å². The van der Waals surface area contributed by atoms with Crippen LogP contribution >= 0.6 is 0 Å². The summed E-state index contributed by atoms with van der Waals surface area (Å²) >= 11 is 0. The Hall–Kier alpha value is -4.63. The molecule has 236 valence electrons. The van der Waals surface area contributed by atoms with E-state index in [9.17, 15) is 27.2 Å². The van der Waals surface area contributed by atoms with Crippen LogP contribution in [0.2, 0.25) is 0 Å². The Kier molecular flexibility index (Phi) is 7.69. The summed E-state index contributed by atoms with van der Waals surface area (Å²) in [5.74, 6) is -3.60. The van der Waals surface area contributed by atoms with Gasteiger partial charge in [0, 0.05) is 67.8 Å². The highest BCUT2D eigenvalue weighted by Gasteiger charge is 2.35. The lowest BCUT2D eigenvalue weighted by molar-refractivity contribution is -0.119. The van der Waals surface area contributed by atoms with Gasteiger partial charge in [0.2, 0.25) is 11.8 Å². The number of fused-ring (bicyclic) bond motifs is 3. The molecule has 3 aromatic heterocycles. The summed E-state index contributed by atoms with van der Waals surface area (Å²) in [7, 11) is -2.10. The van der Waals surface area contributed by atoms with Crippen molar-refractivity contribution in [3.63, 3.8) is 0 Å². The van der Waals surface area contributed by atoms with Gasteiger partial charge in [0.1, 0.15) is 17.1 Å². The van der Waals surface area contributed by atoms with Gasteiger partial charge in [0.25, 0.3) is 5.56 Å². The maximum absolute atomic E-state index is 15.4. The molecule has 2 aliphatic rings. The second-order valence-corrected chi connectivity index (χ2v) is 13.5. The molecule has 3 N–H and O–H groups in total. The summed E-state index contributed by atoms with van der Waals surface area (Å²) in [5, 5.41) is 0.573. The van der Waals surface area contributed by atoms with Crippen LogP contribution in [0.4, 0.5) is 31.7 Å². The predicted molar refractivity (Wildman–Crippen MR) is 166 cm³/mol. The van der Waals surface area contributed by atoms with Crippen LogP contribution < -0.4 is 26.0 Å². The number of nitrogens with two attached hydrogens (primary N) is 1. The molecule has 1 aromatic carbocycles. The number of nitrogens with zero attached hydrogens (tertiary/aromatic N) is 5. The van der Waals surface area contributed by atoms with Crippen LogP contribution in [0.15, 0.2) is 41.6 Å². The molecular weight excluding hydrogens is 608 g/mol. The first kappa shape index (κ1) is 30.4. The van der Waals surface area contributed by atoms with Gasteiger partial charge < -0.3 is 30.0 Å². The van der Waals surface area contributed by atoms with E-state index in [2.05, 4.69) is 9.97 Å². The number of sulfone groups is 1. The Labute approximate surface area is 257 Å². The summed E-state index contributed by atoms with van der Waals surface area (Å²) in [5.41, 5.74) is 8.32. The van der Waals surface area contributed by atoms with Gasteiger partial charge in [-0.1, -0.05) is 0 Å². The molecule has 0 saturated heterocycles. The number of anilines is 4. The average Bonchev–Trinajstić information content (AvgIpc) is 3.34. The van der Waals surface area contributed by atoms with E-state index in [4.69, 9.17) is 5.73 Å². The Morgan fingerprint density at radius 2 is 1.73 bits per heavy atom. The molecule has 2 aliphatic heterocycles. The minimum absolute atomic E-state index is 0.0304. The lowest BCUT2D eigenvalue weighted by atomic mass is 9.98. The molecule has 0 bridgehead atoms. The third-order valence-corrected chi connectivity index (χ3v) is 8.87. The van der Waals surface area contributed by atoms with E-state index < -0.39 is 33.1 Å². The van der Waals surface area contributed by atoms with E-state index in [-0.39, 0.29) is 49.0 Å². The van der Waals surface area contributed by atoms with Crippen LogP contribution in [-0.2, 0) is 33.0 Å². The number of aromatic nitrogens is 3. The third kappa shape index (κ3) is 5.46. The Bertz CT molecular complexity index is 2040. The number of H-pyrrole nitrogens is 1. The molecular formula is C30H31F2N7O5S. The number of benzene rings is 1. The summed E-state index contributed by atoms with van der Waals surface area (Å²) in [6.07, 6.45) is 6.52. The van der Waals surface area contributed by atoms with Crippen molar-refractivity contribution in [2.75, 3.05) is 46.3 Å². The van der Waals surface area contributed by atoms with Crippen LogP contribution in [0.1, 0.15) is 24.8 Å². The van der Waals surface area contributed by atoms with Crippen molar-refractivity contribution in [1.29, 1.82) is 0 Å². The van der Waals surface area contributed by atoms with Gasteiger partial charge in [-0.15, -0.1) is 0 Å². The molecule has 0 fully saturated rings. The Morgan fingerprint density at radius 1 is 1.02 bits per heavy atom. The van der Waals surface area contributed by atoms with Gasteiger partial charge in [-0.25, -0.2) is 22.2 Å². The average molecular weight is 640 g/mol. The molecule has 0 unspecified atom stereocenters. The SMILES string of the molecule is Cn1cc2c3c(c[nH]c3c1=O)CN(c1ncc(F)cc1F)c1cc3c(cc1-2)N(C(=O)CS(C)(=O)=O)CCN3C(=O)CCCCN.